The van der Waals surface area contributed by atoms with Crippen molar-refractivity contribution in [3.05, 3.63) is 0 Å². The van der Waals surface area contributed by atoms with Gasteiger partial charge in [0, 0.05) is 6.42 Å². The average Bonchev–Trinajstić information content (AvgIpc) is 2.35. The SMILES string of the molecule is C[C@@H](O)CCCC1(C)OCCO1. The Labute approximate surface area is 73.7 Å². The molecule has 3 heteroatoms. The molecule has 1 N–H and O–H groups in total. The van der Waals surface area contributed by atoms with Gasteiger partial charge < -0.3 is 14.6 Å². The fourth-order valence-corrected chi connectivity index (χ4v) is 1.42. The van der Waals surface area contributed by atoms with E-state index < -0.39 is 0 Å². The van der Waals surface area contributed by atoms with Crippen LogP contribution in [0, 0.1) is 0 Å². The number of aliphatic hydroxyl groups excluding tert-OH is 1. The molecule has 0 amide bonds. The molecule has 0 aromatic rings. The molecule has 0 radical (unpaired) electrons. The highest BCUT2D eigenvalue weighted by molar-refractivity contribution is 4.68. The molecule has 3 nitrogen and oxygen atoms in total. The molecule has 1 aliphatic heterocycles. The molecule has 0 aliphatic carbocycles. The summed E-state index contributed by atoms with van der Waals surface area (Å²) >= 11 is 0. The zero-order valence-corrected chi connectivity index (χ0v) is 7.88. The maximum absolute atomic E-state index is 9.03. The minimum atomic E-state index is -0.380. The molecule has 1 atom stereocenters. The van der Waals surface area contributed by atoms with E-state index in [1.807, 2.05) is 6.92 Å². The molecular formula is C9H18O3. The number of aliphatic hydroxyl groups is 1. The molecular weight excluding hydrogens is 156 g/mol. The van der Waals surface area contributed by atoms with Crippen LogP contribution < -0.4 is 0 Å². The Hall–Kier alpha value is -0.120. The molecule has 1 saturated heterocycles. The minimum absolute atomic E-state index is 0.213. The van der Waals surface area contributed by atoms with Gasteiger partial charge in [0.05, 0.1) is 19.3 Å². The van der Waals surface area contributed by atoms with Crippen LogP contribution in [0.4, 0.5) is 0 Å². The lowest BCUT2D eigenvalue weighted by atomic mass is 10.1. The summed E-state index contributed by atoms with van der Waals surface area (Å²) < 4.78 is 10.8. The first-order valence-corrected chi connectivity index (χ1v) is 4.58. The summed E-state index contributed by atoms with van der Waals surface area (Å²) in [6, 6.07) is 0. The van der Waals surface area contributed by atoms with E-state index >= 15 is 0 Å². The van der Waals surface area contributed by atoms with Gasteiger partial charge in [-0.2, -0.15) is 0 Å². The van der Waals surface area contributed by atoms with Crippen LogP contribution in [0.25, 0.3) is 0 Å². The smallest absolute Gasteiger partial charge is 0.165 e. The monoisotopic (exact) mass is 174 g/mol. The maximum Gasteiger partial charge on any atom is 0.165 e. The van der Waals surface area contributed by atoms with E-state index in [0.717, 1.165) is 19.3 Å². The second kappa shape index (κ2) is 4.21. The summed E-state index contributed by atoms with van der Waals surface area (Å²) in [5.74, 6) is -0.380. The lowest BCUT2D eigenvalue weighted by Gasteiger charge is -2.22. The third-order valence-corrected chi connectivity index (χ3v) is 2.15. The van der Waals surface area contributed by atoms with Gasteiger partial charge in [-0.3, -0.25) is 0 Å². The second-order valence-electron chi connectivity index (χ2n) is 3.57. The van der Waals surface area contributed by atoms with Gasteiger partial charge in [-0.25, -0.2) is 0 Å². The molecule has 1 rings (SSSR count). The summed E-state index contributed by atoms with van der Waals surface area (Å²) in [6.07, 6.45) is 2.43. The van der Waals surface area contributed by atoms with Crippen molar-refractivity contribution in [2.45, 2.75) is 45.0 Å². The van der Waals surface area contributed by atoms with Crippen LogP contribution in [0.1, 0.15) is 33.1 Å². The van der Waals surface area contributed by atoms with Crippen molar-refractivity contribution in [3.8, 4) is 0 Å². The van der Waals surface area contributed by atoms with Crippen molar-refractivity contribution in [3.63, 3.8) is 0 Å². The molecule has 0 bridgehead atoms. The van der Waals surface area contributed by atoms with Crippen molar-refractivity contribution in [2.24, 2.45) is 0 Å². The Morgan fingerprint density at radius 2 is 2.00 bits per heavy atom. The lowest BCUT2D eigenvalue weighted by Crippen LogP contribution is -2.25. The highest BCUT2D eigenvalue weighted by atomic mass is 16.7. The highest BCUT2D eigenvalue weighted by Crippen LogP contribution is 2.24. The molecule has 0 aromatic heterocycles. The van der Waals surface area contributed by atoms with Crippen LogP contribution in [-0.2, 0) is 9.47 Å². The van der Waals surface area contributed by atoms with Gasteiger partial charge in [0.15, 0.2) is 5.79 Å². The van der Waals surface area contributed by atoms with E-state index in [2.05, 4.69) is 0 Å². The van der Waals surface area contributed by atoms with Gasteiger partial charge in [0.25, 0.3) is 0 Å². The van der Waals surface area contributed by atoms with E-state index in [4.69, 9.17) is 14.6 Å². The summed E-state index contributed by atoms with van der Waals surface area (Å²) in [5.41, 5.74) is 0. The minimum Gasteiger partial charge on any atom is -0.393 e. The molecule has 1 fully saturated rings. The first-order valence-electron chi connectivity index (χ1n) is 4.58. The largest absolute Gasteiger partial charge is 0.393 e. The molecule has 0 aromatic carbocycles. The number of ether oxygens (including phenoxy) is 2. The summed E-state index contributed by atoms with van der Waals surface area (Å²) in [5, 5.41) is 9.03. The predicted molar refractivity (Wildman–Crippen MR) is 45.8 cm³/mol. The molecule has 12 heavy (non-hydrogen) atoms. The van der Waals surface area contributed by atoms with Crippen LogP contribution in [0.3, 0.4) is 0 Å². The zero-order chi connectivity index (χ0) is 9.03. The highest BCUT2D eigenvalue weighted by Gasteiger charge is 2.29. The topological polar surface area (TPSA) is 38.7 Å². The maximum atomic E-state index is 9.03. The van der Waals surface area contributed by atoms with E-state index in [0.29, 0.717) is 13.2 Å². The van der Waals surface area contributed by atoms with Crippen molar-refractivity contribution >= 4 is 0 Å². The van der Waals surface area contributed by atoms with Crippen LogP contribution in [0.5, 0.6) is 0 Å². The van der Waals surface area contributed by atoms with Crippen molar-refractivity contribution in [2.75, 3.05) is 13.2 Å². The first kappa shape index (κ1) is 9.96. The van der Waals surface area contributed by atoms with E-state index in [1.165, 1.54) is 0 Å². The average molecular weight is 174 g/mol. The Kier molecular flexibility index (Phi) is 3.50. The fourth-order valence-electron chi connectivity index (χ4n) is 1.42. The van der Waals surface area contributed by atoms with Crippen LogP contribution in [0.2, 0.25) is 0 Å². The lowest BCUT2D eigenvalue weighted by molar-refractivity contribution is -0.148. The number of hydrogen-bond donors (Lipinski definition) is 1. The molecule has 0 saturated carbocycles. The first-order chi connectivity index (χ1) is 5.62. The quantitative estimate of drug-likeness (QED) is 0.698. The van der Waals surface area contributed by atoms with E-state index in [-0.39, 0.29) is 11.9 Å². The second-order valence-corrected chi connectivity index (χ2v) is 3.57. The number of rotatable bonds is 4. The normalized spacial score (nSPS) is 24.2. The van der Waals surface area contributed by atoms with Crippen molar-refractivity contribution in [1.82, 2.24) is 0 Å². The zero-order valence-electron chi connectivity index (χ0n) is 7.88. The van der Waals surface area contributed by atoms with Gasteiger partial charge in [-0.1, -0.05) is 0 Å². The third kappa shape index (κ3) is 3.09. The molecule has 0 spiro atoms. The van der Waals surface area contributed by atoms with Crippen LogP contribution in [-0.4, -0.2) is 30.2 Å². The Balaban J connectivity index is 2.13. The van der Waals surface area contributed by atoms with Crippen molar-refractivity contribution < 1.29 is 14.6 Å². The van der Waals surface area contributed by atoms with Gasteiger partial charge in [0.1, 0.15) is 0 Å². The number of hydrogen-bond acceptors (Lipinski definition) is 3. The van der Waals surface area contributed by atoms with Gasteiger partial charge in [-0.15, -0.1) is 0 Å². The summed E-state index contributed by atoms with van der Waals surface area (Å²) in [7, 11) is 0. The Bertz CT molecular complexity index is 128. The molecule has 0 unspecified atom stereocenters. The van der Waals surface area contributed by atoms with Crippen LogP contribution in [0.15, 0.2) is 0 Å². The fraction of sp³-hybridized carbons (Fsp3) is 1.00. The third-order valence-electron chi connectivity index (χ3n) is 2.15. The van der Waals surface area contributed by atoms with Gasteiger partial charge in [0.2, 0.25) is 0 Å². The summed E-state index contributed by atoms with van der Waals surface area (Å²) in [4.78, 5) is 0. The standard InChI is InChI=1S/C9H18O3/c1-8(10)4-3-5-9(2)11-6-7-12-9/h8,10H,3-7H2,1-2H3/t8-/m1/s1. The molecule has 1 aliphatic rings. The van der Waals surface area contributed by atoms with Gasteiger partial charge >= 0.3 is 0 Å². The van der Waals surface area contributed by atoms with Crippen molar-refractivity contribution in [1.29, 1.82) is 0 Å². The van der Waals surface area contributed by atoms with Crippen LogP contribution >= 0.6 is 0 Å². The molecule has 72 valence electrons. The Morgan fingerprint density at radius 1 is 1.42 bits per heavy atom. The van der Waals surface area contributed by atoms with Gasteiger partial charge in [-0.05, 0) is 26.7 Å². The summed E-state index contributed by atoms with van der Waals surface area (Å²) in [6.45, 7) is 5.16. The Morgan fingerprint density at radius 3 is 2.50 bits per heavy atom. The van der Waals surface area contributed by atoms with E-state index in [9.17, 15) is 0 Å². The van der Waals surface area contributed by atoms with E-state index in [1.54, 1.807) is 6.92 Å². The predicted octanol–water partition coefficient (Wildman–Crippen LogP) is 1.30. The molecule has 1 heterocycles.